The van der Waals surface area contributed by atoms with Crippen LogP contribution >= 0.6 is 23.2 Å². The molecular formula is C14H13Cl2NO2. The van der Waals surface area contributed by atoms with Gasteiger partial charge in [0, 0.05) is 5.69 Å². The van der Waals surface area contributed by atoms with E-state index in [-0.39, 0.29) is 0 Å². The lowest BCUT2D eigenvalue weighted by molar-refractivity contribution is -0.0871. The van der Waals surface area contributed by atoms with Crippen LogP contribution in [0.4, 0.5) is 5.69 Å². The van der Waals surface area contributed by atoms with Crippen LogP contribution in [0.15, 0.2) is 48.5 Å². The summed E-state index contributed by atoms with van der Waals surface area (Å²) in [5, 5.41) is 13.4. The van der Waals surface area contributed by atoms with Gasteiger partial charge in [-0.2, -0.15) is 0 Å². The summed E-state index contributed by atoms with van der Waals surface area (Å²) in [5.41, 5.74) is 1.62. The maximum absolute atomic E-state index is 9.71. The molecule has 0 saturated heterocycles. The Kier molecular flexibility index (Phi) is 5.05. The van der Waals surface area contributed by atoms with Crippen LogP contribution in [0, 0.1) is 0 Å². The summed E-state index contributed by atoms with van der Waals surface area (Å²) in [6, 6.07) is 14.6. The van der Waals surface area contributed by atoms with Crippen molar-refractivity contribution in [1.29, 1.82) is 0 Å². The zero-order valence-electron chi connectivity index (χ0n) is 10.0. The van der Waals surface area contributed by atoms with Gasteiger partial charge in [0.15, 0.2) is 0 Å². The highest BCUT2D eigenvalue weighted by molar-refractivity contribution is 6.42. The Morgan fingerprint density at radius 2 is 1.79 bits per heavy atom. The van der Waals surface area contributed by atoms with Gasteiger partial charge in [-0.05, 0) is 23.8 Å². The van der Waals surface area contributed by atoms with E-state index in [9.17, 15) is 5.11 Å². The number of hydrogen-bond donors (Lipinski definition) is 2. The Labute approximate surface area is 121 Å². The van der Waals surface area contributed by atoms with E-state index in [1.54, 1.807) is 18.2 Å². The van der Waals surface area contributed by atoms with Crippen molar-refractivity contribution in [2.75, 3.05) is 5.32 Å². The van der Waals surface area contributed by atoms with Crippen LogP contribution in [0.25, 0.3) is 0 Å². The minimum atomic E-state index is -1.11. The molecule has 2 aromatic carbocycles. The van der Waals surface area contributed by atoms with Gasteiger partial charge in [-0.3, -0.25) is 0 Å². The molecule has 2 aromatic rings. The maximum atomic E-state index is 9.71. The molecule has 0 amide bonds. The van der Waals surface area contributed by atoms with Gasteiger partial charge in [-0.15, -0.1) is 0 Å². The summed E-state index contributed by atoms with van der Waals surface area (Å²) in [4.78, 5) is 0. The van der Waals surface area contributed by atoms with Crippen molar-refractivity contribution in [3.8, 4) is 0 Å². The number of nitrogens with one attached hydrogen (secondary N) is 1. The summed E-state index contributed by atoms with van der Waals surface area (Å²) in [6.07, 6.45) is -1.11. The molecule has 0 fully saturated rings. The fourth-order valence-corrected chi connectivity index (χ4v) is 1.82. The summed E-state index contributed by atoms with van der Waals surface area (Å²) < 4.78 is 5.27. The second kappa shape index (κ2) is 6.78. The molecule has 0 bridgehead atoms. The van der Waals surface area contributed by atoms with Gasteiger partial charge in [0.2, 0.25) is 6.41 Å². The normalized spacial score (nSPS) is 12.2. The van der Waals surface area contributed by atoms with Crippen LogP contribution in [-0.2, 0) is 11.3 Å². The summed E-state index contributed by atoms with van der Waals surface area (Å²) in [5.74, 6) is 0. The topological polar surface area (TPSA) is 41.5 Å². The first kappa shape index (κ1) is 14.2. The minimum Gasteiger partial charge on any atom is -0.351 e. The summed E-state index contributed by atoms with van der Waals surface area (Å²) in [6.45, 7) is 0.316. The van der Waals surface area contributed by atoms with Crippen molar-refractivity contribution in [3.05, 3.63) is 64.1 Å². The van der Waals surface area contributed by atoms with Gasteiger partial charge in [-0.1, -0.05) is 53.5 Å². The number of rotatable bonds is 5. The van der Waals surface area contributed by atoms with Crippen LogP contribution in [0.3, 0.4) is 0 Å². The highest BCUT2D eigenvalue weighted by atomic mass is 35.5. The molecule has 2 N–H and O–H groups in total. The van der Waals surface area contributed by atoms with Gasteiger partial charge >= 0.3 is 0 Å². The Balaban J connectivity index is 1.87. The number of aliphatic hydroxyl groups is 1. The molecular weight excluding hydrogens is 285 g/mol. The predicted molar refractivity (Wildman–Crippen MR) is 77.3 cm³/mol. The van der Waals surface area contributed by atoms with E-state index in [2.05, 4.69) is 5.32 Å². The van der Waals surface area contributed by atoms with Crippen molar-refractivity contribution in [3.63, 3.8) is 0 Å². The molecule has 0 spiro atoms. The Morgan fingerprint density at radius 3 is 2.47 bits per heavy atom. The average molecular weight is 298 g/mol. The number of halogens is 2. The van der Waals surface area contributed by atoms with Crippen LogP contribution < -0.4 is 5.32 Å². The fourth-order valence-electron chi connectivity index (χ4n) is 1.52. The molecule has 0 unspecified atom stereocenters. The molecule has 0 aliphatic carbocycles. The summed E-state index contributed by atoms with van der Waals surface area (Å²) >= 11 is 11.7. The highest BCUT2D eigenvalue weighted by Gasteiger charge is 2.06. The van der Waals surface area contributed by atoms with Gasteiger partial charge in [0.05, 0.1) is 16.7 Å². The van der Waals surface area contributed by atoms with Gasteiger partial charge < -0.3 is 15.2 Å². The minimum absolute atomic E-state index is 0.316. The van der Waals surface area contributed by atoms with Crippen molar-refractivity contribution >= 4 is 28.9 Å². The standard InChI is InChI=1S/C14H13Cl2NO2/c15-12-7-6-11(8-13(12)16)17-14(18)19-9-10-4-2-1-3-5-10/h1-8,14,17-18H,9H2/t14-/m0/s1. The molecule has 1 atom stereocenters. The van der Waals surface area contributed by atoms with E-state index in [0.717, 1.165) is 5.56 Å². The molecule has 0 radical (unpaired) electrons. The first-order valence-electron chi connectivity index (χ1n) is 5.70. The van der Waals surface area contributed by atoms with Gasteiger partial charge in [0.25, 0.3) is 0 Å². The van der Waals surface area contributed by atoms with E-state index >= 15 is 0 Å². The van der Waals surface area contributed by atoms with Crippen molar-refractivity contribution in [2.45, 2.75) is 13.0 Å². The average Bonchev–Trinajstić information content (AvgIpc) is 2.42. The molecule has 0 heterocycles. The molecule has 19 heavy (non-hydrogen) atoms. The largest absolute Gasteiger partial charge is 0.351 e. The number of hydrogen-bond acceptors (Lipinski definition) is 3. The third-order valence-electron chi connectivity index (χ3n) is 2.46. The quantitative estimate of drug-likeness (QED) is 0.823. The van der Waals surface area contributed by atoms with Gasteiger partial charge in [0.1, 0.15) is 0 Å². The van der Waals surface area contributed by atoms with E-state index in [1.165, 1.54) is 0 Å². The second-order valence-electron chi connectivity index (χ2n) is 3.92. The lowest BCUT2D eigenvalue weighted by Crippen LogP contribution is -2.22. The lowest BCUT2D eigenvalue weighted by Gasteiger charge is -2.15. The second-order valence-corrected chi connectivity index (χ2v) is 4.74. The van der Waals surface area contributed by atoms with Crippen LogP contribution in [0.1, 0.15) is 5.56 Å². The molecule has 5 heteroatoms. The smallest absolute Gasteiger partial charge is 0.235 e. The zero-order chi connectivity index (χ0) is 13.7. The molecule has 3 nitrogen and oxygen atoms in total. The third kappa shape index (κ3) is 4.40. The number of ether oxygens (including phenoxy) is 1. The van der Waals surface area contributed by atoms with Gasteiger partial charge in [-0.25, -0.2) is 0 Å². The van der Waals surface area contributed by atoms with E-state index in [1.807, 2.05) is 30.3 Å². The van der Waals surface area contributed by atoms with Crippen molar-refractivity contribution in [1.82, 2.24) is 0 Å². The number of anilines is 1. The number of benzene rings is 2. The Morgan fingerprint density at radius 1 is 1.05 bits per heavy atom. The van der Waals surface area contributed by atoms with Crippen LogP contribution in [-0.4, -0.2) is 11.5 Å². The zero-order valence-corrected chi connectivity index (χ0v) is 11.5. The fraction of sp³-hybridized carbons (Fsp3) is 0.143. The lowest BCUT2D eigenvalue weighted by atomic mass is 10.2. The van der Waals surface area contributed by atoms with E-state index in [4.69, 9.17) is 27.9 Å². The summed E-state index contributed by atoms with van der Waals surface area (Å²) in [7, 11) is 0. The van der Waals surface area contributed by atoms with E-state index in [0.29, 0.717) is 22.3 Å². The first-order chi connectivity index (χ1) is 9.15. The van der Waals surface area contributed by atoms with Crippen LogP contribution in [0.2, 0.25) is 10.0 Å². The number of aliphatic hydroxyl groups excluding tert-OH is 1. The monoisotopic (exact) mass is 297 g/mol. The highest BCUT2D eigenvalue weighted by Crippen LogP contribution is 2.25. The SMILES string of the molecule is O[C@H](Nc1ccc(Cl)c(Cl)c1)OCc1ccccc1. The predicted octanol–water partition coefficient (Wildman–Crippen LogP) is 3.90. The molecule has 0 saturated carbocycles. The molecule has 0 aromatic heterocycles. The van der Waals surface area contributed by atoms with Crippen LogP contribution in [0.5, 0.6) is 0 Å². The van der Waals surface area contributed by atoms with Crippen molar-refractivity contribution < 1.29 is 9.84 Å². The first-order valence-corrected chi connectivity index (χ1v) is 6.46. The van der Waals surface area contributed by atoms with Crippen molar-refractivity contribution in [2.24, 2.45) is 0 Å². The maximum Gasteiger partial charge on any atom is 0.235 e. The third-order valence-corrected chi connectivity index (χ3v) is 3.20. The molecule has 100 valence electrons. The molecule has 0 aliphatic rings. The molecule has 0 aliphatic heterocycles. The van der Waals surface area contributed by atoms with E-state index < -0.39 is 6.41 Å². The Hall–Kier alpha value is -1.26. The Bertz CT molecular complexity index is 534. The molecule has 2 rings (SSSR count).